The van der Waals surface area contributed by atoms with Crippen molar-refractivity contribution >= 4 is 11.9 Å². The third-order valence-corrected chi connectivity index (χ3v) is 11.8. The van der Waals surface area contributed by atoms with Crippen molar-refractivity contribution in [3.05, 3.63) is 0 Å². The molecule has 0 fully saturated rings. The number of hydrogen-bond acceptors (Lipinski definition) is 8. The lowest BCUT2D eigenvalue weighted by Gasteiger charge is -2.23. The van der Waals surface area contributed by atoms with Gasteiger partial charge in [0, 0.05) is 39.0 Å². The number of esters is 2. The minimum Gasteiger partial charge on any atom is -0.466 e. The maximum absolute atomic E-state index is 12.7. The Balaban J connectivity index is 4.40. The van der Waals surface area contributed by atoms with Crippen molar-refractivity contribution in [1.82, 2.24) is 4.90 Å². The molecule has 0 aliphatic rings. The molecule has 0 saturated carbocycles. The van der Waals surface area contributed by atoms with E-state index >= 15 is 0 Å². The summed E-state index contributed by atoms with van der Waals surface area (Å²) < 4.78 is 23.8. The average molecular weight is 826 g/mol. The van der Waals surface area contributed by atoms with Gasteiger partial charge in [0.15, 0.2) is 6.29 Å². The zero-order valence-corrected chi connectivity index (χ0v) is 39.4. The highest BCUT2D eigenvalue weighted by Crippen LogP contribution is 2.22. The summed E-state index contributed by atoms with van der Waals surface area (Å²) in [6, 6.07) is 0. The Bertz CT molecular complexity index is 816. The van der Waals surface area contributed by atoms with E-state index in [4.69, 9.17) is 18.9 Å². The normalized spacial score (nSPS) is 11.8. The van der Waals surface area contributed by atoms with E-state index in [0.29, 0.717) is 64.1 Å². The molecule has 0 atom stereocenters. The van der Waals surface area contributed by atoms with Crippen LogP contribution in [0.15, 0.2) is 0 Å². The lowest BCUT2D eigenvalue weighted by molar-refractivity contribution is -0.163. The second-order valence-corrected chi connectivity index (χ2v) is 17.3. The molecule has 0 aromatic carbocycles. The predicted molar refractivity (Wildman–Crippen MR) is 244 cm³/mol. The molecule has 0 spiro atoms. The summed E-state index contributed by atoms with van der Waals surface area (Å²) in [7, 11) is 0. The van der Waals surface area contributed by atoms with Crippen LogP contribution in [0.1, 0.15) is 240 Å². The molecule has 0 radical (unpaired) electrons. The van der Waals surface area contributed by atoms with Gasteiger partial charge in [-0.2, -0.15) is 0 Å². The number of aliphatic hydroxyl groups excluding tert-OH is 1. The number of ether oxygens (including phenoxy) is 4. The summed E-state index contributed by atoms with van der Waals surface area (Å²) in [6.45, 7) is 16.2. The minimum atomic E-state index is -0.329. The van der Waals surface area contributed by atoms with Crippen LogP contribution in [0.4, 0.5) is 0 Å². The van der Waals surface area contributed by atoms with Gasteiger partial charge in [-0.05, 0) is 69.9 Å². The van der Waals surface area contributed by atoms with E-state index in [-0.39, 0.29) is 24.8 Å². The zero-order chi connectivity index (χ0) is 42.6. The first-order valence-corrected chi connectivity index (χ1v) is 25.3. The lowest BCUT2D eigenvalue weighted by Crippen LogP contribution is -2.29. The maximum Gasteiger partial charge on any atom is 0.305 e. The summed E-state index contributed by atoms with van der Waals surface area (Å²) in [5, 5.41) is 9.59. The number of aliphatic hydroxyl groups is 1. The van der Waals surface area contributed by atoms with Crippen LogP contribution < -0.4 is 0 Å². The van der Waals surface area contributed by atoms with Crippen LogP contribution in [0.5, 0.6) is 0 Å². The molecule has 8 heteroatoms. The standard InChI is InChI=1S/C50H99NO7/c1-6-11-16-17-18-19-20-21-28-42-55-48(53)33-24-22-26-38-51(40-41-52)39-27-23-25-34-49(54)56-45-37-50(57-43-35-46(29-12-7-2)30-13-8-3)58-44-36-47(31-14-9-4)32-15-10-5/h46-47,50,52H,6-45H2,1-5H3. The largest absolute Gasteiger partial charge is 0.466 e. The van der Waals surface area contributed by atoms with Gasteiger partial charge < -0.3 is 29.0 Å². The first kappa shape index (κ1) is 56.8. The third-order valence-electron chi connectivity index (χ3n) is 11.8. The number of rotatable bonds is 47. The highest BCUT2D eigenvalue weighted by atomic mass is 16.7. The minimum absolute atomic E-state index is 0.0696. The first-order chi connectivity index (χ1) is 28.4. The van der Waals surface area contributed by atoms with Crippen molar-refractivity contribution < 1.29 is 33.6 Å². The summed E-state index contributed by atoms with van der Waals surface area (Å²) in [5.74, 6) is 1.21. The molecule has 0 aliphatic carbocycles. The number of hydrogen-bond donors (Lipinski definition) is 1. The van der Waals surface area contributed by atoms with E-state index < -0.39 is 0 Å². The zero-order valence-electron chi connectivity index (χ0n) is 39.4. The molecule has 0 saturated heterocycles. The monoisotopic (exact) mass is 826 g/mol. The molecule has 0 amide bonds. The van der Waals surface area contributed by atoms with Gasteiger partial charge in [0.1, 0.15) is 0 Å². The second-order valence-electron chi connectivity index (χ2n) is 17.3. The molecule has 0 aromatic rings. The number of carbonyl (C=O) groups is 2. The maximum atomic E-state index is 12.7. The fraction of sp³-hybridized carbons (Fsp3) is 0.960. The fourth-order valence-corrected chi connectivity index (χ4v) is 7.84. The molecule has 0 aromatic heterocycles. The predicted octanol–water partition coefficient (Wildman–Crippen LogP) is 13.5. The van der Waals surface area contributed by atoms with E-state index in [0.717, 1.165) is 77.3 Å². The first-order valence-electron chi connectivity index (χ1n) is 25.3. The summed E-state index contributed by atoms with van der Waals surface area (Å²) in [4.78, 5) is 27.1. The smallest absolute Gasteiger partial charge is 0.305 e. The molecule has 1 N–H and O–H groups in total. The van der Waals surface area contributed by atoms with Crippen LogP contribution in [0.3, 0.4) is 0 Å². The molecule has 346 valence electrons. The van der Waals surface area contributed by atoms with Crippen molar-refractivity contribution in [2.75, 3.05) is 52.7 Å². The average Bonchev–Trinajstić information content (AvgIpc) is 3.22. The molecule has 0 rings (SSSR count). The van der Waals surface area contributed by atoms with E-state index in [9.17, 15) is 14.7 Å². The Labute approximate surface area is 360 Å². The Kier molecular flexibility index (Phi) is 44.4. The van der Waals surface area contributed by atoms with E-state index in [1.165, 1.54) is 122 Å². The van der Waals surface area contributed by atoms with Crippen molar-refractivity contribution in [2.24, 2.45) is 11.8 Å². The van der Waals surface area contributed by atoms with Crippen molar-refractivity contribution in [3.8, 4) is 0 Å². The van der Waals surface area contributed by atoms with Crippen molar-refractivity contribution in [3.63, 3.8) is 0 Å². The molecule has 0 heterocycles. The van der Waals surface area contributed by atoms with Crippen molar-refractivity contribution in [1.29, 1.82) is 0 Å². The summed E-state index contributed by atoms with van der Waals surface area (Å²) in [6.07, 6.45) is 35.4. The third kappa shape index (κ3) is 38.9. The fourth-order valence-electron chi connectivity index (χ4n) is 7.84. The molecular formula is C50H99NO7. The van der Waals surface area contributed by atoms with Gasteiger partial charge in [-0.15, -0.1) is 0 Å². The Hall–Kier alpha value is -1.22. The van der Waals surface area contributed by atoms with E-state index in [1.807, 2.05) is 0 Å². The quantitative estimate of drug-likeness (QED) is 0.0368. The van der Waals surface area contributed by atoms with Crippen molar-refractivity contribution in [2.45, 2.75) is 246 Å². The number of nitrogens with zero attached hydrogens (tertiary/aromatic N) is 1. The SMILES string of the molecule is CCCCCCCCCCCOC(=O)CCCCCN(CCO)CCCCCC(=O)OCCC(OCCC(CCCC)CCCC)OCCC(CCCC)CCCC. The Morgan fingerprint density at radius 2 is 0.810 bits per heavy atom. The van der Waals surface area contributed by atoms with Gasteiger partial charge in [-0.1, -0.05) is 176 Å². The topological polar surface area (TPSA) is 94.5 Å². The number of carbonyl (C=O) groups excluding carboxylic acids is 2. The molecular weight excluding hydrogens is 727 g/mol. The Morgan fingerprint density at radius 1 is 0.414 bits per heavy atom. The molecule has 0 bridgehead atoms. The number of unbranched alkanes of at least 4 members (excludes halogenated alkanes) is 16. The van der Waals surface area contributed by atoms with Crippen LogP contribution in [-0.2, 0) is 28.5 Å². The van der Waals surface area contributed by atoms with E-state index in [1.54, 1.807) is 0 Å². The molecule has 0 unspecified atom stereocenters. The van der Waals surface area contributed by atoms with Gasteiger partial charge in [0.25, 0.3) is 0 Å². The summed E-state index contributed by atoms with van der Waals surface area (Å²) in [5.41, 5.74) is 0. The van der Waals surface area contributed by atoms with Gasteiger partial charge in [0.2, 0.25) is 0 Å². The second kappa shape index (κ2) is 45.3. The van der Waals surface area contributed by atoms with Gasteiger partial charge in [-0.25, -0.2) is 0 Å². The van der Waals surface area contributed by atoms with Crippen LogP contribution in [0.25, 0.3) is 0 Å². The van der Waals surface area contributed by atoms with Gasteiger partial charge in [0.05, 0.1) is 19.8 Å². The van der Waals surface area contributed by atoms with Gasteiger partial charge >= 0.3 is 11.9 Å². The van der Waals surface area contributed by atoms with Crippen LogP contribution in [-0.4, -0.2) is 80.9 Å². The van der Waals surface area contributed by atoms with Crippen LogP contribution >= 0.6 is 0 Å². The highest BCUT2D eigenvalue weighted by Gasteiger charge is 2.16. The summed E-state index contributed by atoms with van der Waals surface area (Å²) >= 11 is 0. The highest BCUT2D eigenvalue weighted by molar-refractivity contribution is 5.69. The van der Waals surface area contributed by atoms with Gasteiger partial charge in [-0.3, -0.25) is 9.59 Å². The lowest BCUT2D eigenvalue weighted by atomic mass is 9.93. The Morgan fingerprint density at radius 3 is 1.24 bits per heavy atom. The molecule has 58 heavy (non-hydrogen) atoms. The molecule has 0 aliphatic heterocycles. The van der Waals surface area contributed by atoms with Crippen LogP contribution in [0.2, 0.25) is 0 Å². The van der Waals surface area contributed by atoms with E-state index in [2.05, 4.69) is 39.5 Å². The molecule has 8 nitrogen and oxygen atoms in total. The van der Waals surface area contributed by atoms with Crippen LogP contribution in [0, 0.1) is 11.8 Å².